The van der Waals surface area contributed by atoms with Gasteiger partial charge in [-0.2, -0.15) is 5.10 Å². The number of aromatic nitrogens is 2. The molecule has 0 bridgehead atoms. The van der Waals surface area contributed by atoms with Crippen LogP contribution in [0, 0.1) is 0 Å². The van der Waals surface area contributed by atoms with Gasteiger partial charge >= 0.3 is 0 Å². The third kappa shape index (κ3) is 3.70. The molecule has 5 nitrogen and oxygen atoms in total. The first-order valence-electron chi connectivity index (χ1n) is 5.86. The Hall–Kier alpha value is -2.56. The summed E-state index contributed by atoms with van der Waals surface area (Å²) in [5.41, 5.74) is 1.79. The minimum atomic E-state index is -0.160. The molecule has 1 aromatic heterocycles. The molecule has 2 aromatic rings. The van der Waals surface area contributed by atoms with Gasteiger partial charge in [0.05, 0.1) is 13.3 Å². The van der Waals surface area contributed by atoms with Gasteiger partial charge in [0.25, 0.3) is 0 Å². The Morgan fingerprint density at radius 1 is 1.47 bits per heavy atom. The predicted octanol–water partition coefficient (Wildman–Crippen LogP) is 1.75. The van der Waals surface area contributed by atoms with E-state index in [1.807, 2.05) is 24.3 Å². The molecule has 0 saturated heterocycles. The van der Waals surface area contributed by atoms with E-state index in [0.717, 1.165) is 16.9 Å². The van der Waals surface area contributed by atoms with E-state index in [4.69, 9.17) is 4.74 Å². The Morgan fingerprint density at radius 3 is 3.05 bits per heavy atom. The quantitative estimate of drug-likeness (QED) is 0.802. The summed E-state index contributed by atoms with van der Waals surface area (Å²) in [6.45, 7) is 0.450. The molecule has 0 aliphatic heterocycles. The average Bonchev–Trinajstić information content (AvgIpc) is 2.96. The van der Waals surface area contributed by atoms with Crippen LogP contribution in [0.4, 0.5) is 0 Å². The molecule has 0 saturated carbocycles. The topological polar surface area (TPSA) is 67.0 Å². The SMILES string of the molecule is COc1ccccc1/C=C/C(=O)NCc1cn[nH]c1. The minimum absolute atomic E-state index is 0.160. The number of amides is 1. The van der Waals surface area contributed by atoms with Gasteiger partial charge < -0.3 is 10.1 Å². The van der Waals surface area contributed by atoms with Crippen molar-refractivity contribution in [2.45, 2.75) is 6.54 Å². The summed E-state index contributed by atoms with van der Waals surface area (Å²) in [7, 11) is 1.60. The van der Waals surface area contributed by atoms with Crippen LogP contribution < -0.4 is 10.1 Å². The predicted molar refractivity (Wildman–Crippen MR) is 72.5 cm³/mol. The first kappa shape index (κ1) is 12.9. The second kappa shape index (κ2) is 6.39. The summed E-state index contributed by atoms with van der Waals surface area (Å²) in [5.74, 6) is 0.577. The molecule has 0 aliphatic carbocycles. The molecule has 0 atom stereocenters. The zero-order chi connectivity index (χ0) is 13.5. The van der Waals surface area contributed by atoms with Crippen LogP contribution >= 0.6 is 0 Å². The van der Waals surface area contributed by atoms with Crippen molar-refractivity contribution in [3.05, 3.63) is 53.9 Å². The van der Waals surface area contributed by atoms with Crippen LogP contribution in [0.3, 0.4) is 0 Å². The smallest absolute Gasteiger partial charge is 0.244 e. The maximum absolute atomic E-state index is 11.6. The van der Waals surface area contributed by atoms with E-state index < -0.39 is 0 Å². The van der Waals surface area contributed by atoms with Crippen LogP contribution in [0.1, 0.15) is 11.1 Å². The molecule has 1 heterocycles. The van der Waals surface area contributed by atoms with E-state index in [2.05, 4.69) is 15.5 Å². The van der Waals surface area contributed by atoms with Crippen molar-refractivity contribution in [2.75, 3.05) is 7.11 Å². The molecule has 0 spiro atoms. The van der Waals surface area contributed by atoms with Crippen LogP contribution in [0.15, 0.2) is 42.7 Å². The van der Waals surface area contributed by atoms with E-state index in [9.17, 15) is 4.79 Å². The number of methoxy groups -OCH3 is 1. The maximum atomic E-state index is 11.6. The van der Waals surface area contributed by atoms with Crippen LogP contribution in [0.5, 0.6) is 5.75 Å². The van der Waals surface area contributed by atoms with E-state index >= 15 is 0 Å². The fourth-order valence-corrected chi connectivity index (χ4v) is 1.59. The molecular weight excluding hydrogens is 242 g/mol. The second-order valence-corrected chi connectivity index (χ2v) is 3.90. The van der Waals surface area contributed by atoms with Crippen LogP contribution in [-0.2, 0) is 11.3 Å². The highest BCUT2D eigenvalue weighted by Crippen LogP contribution is 2.18. The van der Waals surface area contributed by atoms with E-state index in [-0.39, 0.29) is 5.91 Å². The van der Waals surface area contributed by atoms with Gasteiger partial charge in [0.15, 0.2) is 0 Å². The van der Waals surface area contributed by atoms with Crippen molar-refractivity contribution in [3.63, 3.8) is 0 Å². The van der Waals surface area contributed by atoms with Crippen LogP contribution in [-0.4, -0.2) is 23.2 Å². The number of ether oxygens (including phenoxy) is 1. The Morgan fingerprint density at radius 2 is 2.32 bits per heavy atom. The number of hydrogen-bond acceptors (Lipinski definition) is 3. The summed E-state index contributed by atoms with van der Waals surface area (Å²) < 4.78 is 5.20. The molecular formula is C14H15N3O2. The third-order valence-corrected chi connectivity index (χ3v) is 2.57. The first-order valence-corrected chi connectivity index (χ1v) is 5.86. The number of carbonyl (C=O) groups excluding carboxylic acids is 1. The highest BCUT2D eigenvalue weighted by atomic mass is 16.5. The van der Waals surface area contributed by atoms with Crippen molar-refractivity contribution in [1.82, 2.24) is 15.5 Å². The van der Waals surface area contributed by atoms with E-state index in [0.29, 0.717) is 6.54 Å². The Bertz CT molecular complexity index is 562. The van der Waals surface area contributed by atoms with Crippen LogP contribution in [0.25, 0.3) is 6.08 Å². The Balaban J connectivity index is 1.92. The molecule has 98 valence electrons. The lowest BCUT2D eigenvalue weighted by Crippen LogP contribution is -2.19. The lowest BCUT2D eigenvalue weighted by atomic mass is 10.2. The second-order valence-electron chi connectivity index (χ2n) is 3.90. The molecule has 1 amide bonds. The van der Waals surface area contributed by atoms with E-state index in [1.54, 1.807) is 25.6 Å². The fourth-order valence-electron chi connectivity index (χ4n) is 1.59. The van der Waals surface area contributed by atoms with Gasteiger partial charge in [0.1, 0.15) is 5.75 Å². The average molecular weight is 257 g/mol. The van der Waals surface area contributed by atoms with E-state index in [1.165, 1.54) is 6.08 Å². The van der Waals surface area contributed by atoms with Gasteiger partial charge in [-0.25, -0.2) is 0 Å². The number of nitrogens with zero attached hydrogens (tertiary/aromatic N) is 1. The number of rotatable bonds is 5. The normalized spacial score (nSPS) is 10.6. The Kier molecular flexibility index (Phi) is 4.34. The van der Waals surface area contributed by atoms with Crippen LogP contribution in [0.2, 0.25) is 0 Å². The molecule has 0 aliphatic rings. The monoisotopic (exact) mass is 257 g/mol. The number of benzene rings is 1. The molecule has 19 heavy (non-hydrogen) atoms. The number of hydrogen-bond donors (Lipinski definition) is 2. The van der Waals surface area contributed by atoms with Crippen molar-refractivity contribution in [2.24, 2.45) is 0 Å². The van der Waals surface area contributed by atoms with Gasteiger partial charge in [-0.15, -0.1) is 0 Å². The summed E-state index contributed by atoms with van der Waals surface area (Å²) in [4.78, 5) is 11.6. The lowest BCUT2D eigenvalue weighted by Gasteiger charge is -2.03. The minimum Gasteiger partial charge on any atom is -0.496 e. The number of aromatic amines is 1. The molecule has 2 N–H and O–H groups in total. The summed E-state index contributed by atoms with van der Waals surface area (Å²) in [5, 5.41) is 9.26. The zero-order valence-corrected chi connectivity index (χ0v) is 10.6. The molecule has 0 unspecified atom stereocenters. The fraction of sp³-hybridized carbons (Fsp3) is 0.143. The highest BCUT2D eigenvalue weighted by Gasteiger charge is 2.00. The maximum Gasteiger partial charge on any atom is 0.244 e. The first-order chi connectivity index (χ1) is 9.29. The molecule has 1 aromatic carbocycles. The number of nitrogens with one attached hydrogen (secondary N) is 2. The van der Waals surface area contributed by atoms with Gasteiger partial charge in [0.2, 0.25) is 5.91 Å². The number of para-hydroxylation sites is 1. The Labute approximate surface area is 111 Å². The lowest BCUT2D eigenvalue weighted by molar-refractivity contribution is -0.116. The summed E-state index contributed by atoms with van der Waals surface area (Å²) >= 11 is 0. The van der Waals surface area contributed by atoms with Gasteiger partial charge in [-0.05, 0) is 12.1 Å². The molecule has 0 fully saturated rings. The third-order valence-electron chi connectivity index (χ3n) is 2.57. The zero-order valence-electron chi connectivity index (χ0n) is 10.6. The van der Waals surface area contributed by atoms with Gasteiger partial charge in [-0.1, -0.05) is 18.2 Å². The van der Waals surface area contributed by atoms with Crippen molar-refractivity contribution >= 4 is 12.0 Å². The largest absolute Gasteiger partial charge is 0.496 e. The van der Waals surface area contributed by atoms with Crippen molar-refractivity contribution in [3.8, 4) is 5.75 Å². The summed E-state index contributed by atoms with van der Waals surface area (Å²) in [6.07, 6.45) is 6.62. The molecule has 0 radical (unpaired) electrons. The van der Waals surface area contributed by atoms with Crippen molar-refractivity contribution < 1.29 is 9.53 Å². The number of carbonyl (C=O) groups is 1. The van der Waals surface area contributed by atoms with Gasteiger partial charge in [0, 0.05) is 29.9 Å². The highest BCUT2D eigenvalue weighted by molar-refractivity contribution is 5.92. The standard InChI is InChI=1S/C14H15N3O2/c1-19-13-5-3-2-4-12(13)6-7-14(18)15-8-11-9-16-17-10-11/h2-7,9-10H,8H2,1H3,(H,15,18)(H,16,17)/b7-6+. The van der Waals surface area contributed by atoms with Crippen molar-refractivity contribution in [1.29, 1.82) is 0 Å². The summed E-state index contributed by atoms with van der Waals surface area (Å²) in [6, 6.07) is 7.52. The molecule has 5 heteroatoms. The van der Waals surface area contributed by atoms with Gasteiger partial charge in [-0.3, -0.25) is 9.89 Å². The molecule has 2 rings (SSSR count). The number of H-pyrrole nitrogens is 1.